The molecule has 1 saturated heterocycles. The van der Waals surface area contributed by atoms with Gasteiger partial charge in [0.05, 0.1) is 13.2 Å². The molecule has 4 unspecified atom stereocenters. The Kier molecular flexibility index (Phi) is 9.58. The number of ether oxygens (including phenoxy) is 3. The summed E-state index contributed by atoms with van der Waals surface area (Å²) < 4.78 is 52.3. The summed E-state index contributed by atoms with van der Waals surface area (Å²) in [6.07, 6.45) is -5.35. The molecule has 38 heavy (non-hydrogen) atoms. The molecule has 210 valence electrons. The van der Waals surface area contributed by atoms with E-state index in [0.29, 0.717) is 24.5 Å². The highest BCUT2D eigenvalue weighted by atomic mass is 19.4. The summed E-state index contributed by atoms with van der Waals surface area (Å²) in [7, 11) is 1.47. The van der Waals surface area contributed by atoms with Gasteiger partial charge in [-0.15, -0.1) is 13.2 Å². The van der Waals surface area contributed by atoms with E-state index >= 15 is 0 Å². The maximum Gasteiger partial charge on any atom is 0.522 e. The van der Waals surface area contributed by atoms with Crippen LogP contribution in [0.4, 0.5) is 13.2 Å². The number of rotatable bonds is 12. The molecule has 1 fully saturated rings. The number of para-hydroxylation sites is 1. The Bertz CT molecular complexity index is 1050. The number of amides is 3. The predicted octanol–water partition coefficient (Wildman–Crippen LogP) is 1.65. The van der Waals surface area contributed by atoms with Crippen LogP contribution < -0.4 is 25.4 Å². The van der Waals surface area contributed by atoms with Crippen molar-refractivity contribution < 1.29 is 46.6 Å². The smallest absolute Gasteiger partial charge is 0.493 e. The molecule has 0 bridgehead atoms. The lowest BCUT2D eigenvalue weighted by atomic mass is 9.95. The second-order valence-corrected chi connectivity index (χ2v) is 9.72. The Hall–Kier alpha value is -3.35. The van der Waals surface area contributed by atoms with Gasteiger partial charge in [-0.2, -0.15) is 0 Å². The molecule has 3 N–H and O–H groups in total. The molecule has 3 rings (SSSR count). The molecular weight excluding hydrogens is 511 g/mol. The van der Waals surface area contributed by atoms with Gasteiger partial charge in [0.25, 0.3) is 5.91 Å². The molecule has 1 aromatic carbocycles. The van der Waals surface area contributed by atoms with Gasteiger partial charge in [0.1, 0.15) is 12.6 Å². The fourth-order valence-electron chi connectivity index (χ4n) is 4.47. The zero-order valence-electron chi connectivity index (χ0n) is 21.4. The number of nitrogens with one attached hydrogen (secondary N) is 3. The topological polar surface area (TPSA) is 132 Å². The van der Waals surface area contributed by atoms with E-state index in [-0.39, 0.29) is 31.1 Å². The molecule has 0 aromatic heterocycles. The highest BCUT2D eigenvalue weighted by Crippen LogP contribution is 2.37. The molecule has 3 amide bonds. The number of Topliss-reactive ketones (excluding diaryl/α,β-unsaturated/α-hetero) is 1. The summed E-state index contributed by atoms with van der Waals surface area (Å²) in [5.74, 6) is -2.53. The van der Waals surface area contributed by atoms with Gasteiger partial charge in [-0.3, -0.25) is 23.9 Å². The van der Waals surface area contributed by atoms with Crippen LogP contribution in [0.15, 0.2) is 18.2 Å². The summed E-state index contributed by atoms with van der Waals surface area (Å²) in [6.45, 7) is 2.68. The number of benzene rings is 1. The molecule has 10 nitrogen and oxygen atoms in total. The first-order valence-corrected chi connectivity index (χ1v) is 12.3. The van der Waals surface area contributed by atoms with Gasteiger partial charge in [-0.05, 0) is 31.2 Å². The lowest BCUT2D eigenvalue weighted by Crippen LogP contribution is -2.55. The van der Waals surface area contributed by atoms with Gasteiger partial charge in [0.2, 0.25) is 11.8 Å². The van der Waals surface area contributed by atoms with Crippen molar-refractivity contribution in [2.24, 2.45) is 11.8 Å². The highest BCUT2D eigenvalue weighted by Gasteiger charge is 2.37. The zero-order chi connectivity index (χ0) is 28.0. The molecule has 0 spiro atoms. The molecule has 1 aromatic rings. The van der Waals surface area contributed by atoms with E-state index < -0.39 is 54.7 Å². The number of alkyl halides is 3. The molecule has 2 heterocycles. The first-order valence-electron chi connectivity index (χ1n) is 12.3. The number of carbonyl (C=O) groups is 4. The van der Waals surface area contributed by atoms with E-state index in [1.54, 1.807) is 18.2 Å². The molecule has 2 aliphatic rings. The van der Waals surface area contributed by atoms with Gasteiger partial charge in [-0.25, -0.2) is 0 Å². The van der Waals surface area contributed by atoms with Gasteiger partial charge < -0.3 is 25.4 Å². The minimum absolute atomic E-state index is 0.0591. The van der Waals surface area contributed by atoms with Gasteiger partial charge in [-0.1, -0.05) is 26.0 Å². The van der Waals surface area contributed by atoms with Crippen LogP contribution in [0.5, 0.6) is 11.5 Å². The normalized spacial score (nSPS) is 20.2. The summed E-state index contributed by atoms with van der Waals surface area (Å²) >= 11 is 0. The SMILES string of the molecule is COc1cccc2c1OC(C(=O)NC(CC(C)C)C(=O)NC(CC1CCNC1=O)C(=O)COC(F)(F)F)C2. The Morgan fingerprint density at radius 3 is 2.53 bits per heavy atom. The lowest BCUT2D eigenvalue weighted by molar-refractivity contribution is -0.321. The van der Waals surface area contributed by atoms with Crippen molar-refractivity contribution in [1.82, 2.24) is 16.0 Å². The largest absolute Gasteiger partial charge is 0.522 e. The molecule has 4 atom stereocenters. The Morgan fingerprint density at radius 1 is 1.18 bits per heavy atom. The minimum atomic E-state index is -5.04. The average molecular weight is 544 g/mol. The van der Waals surface area contributed by atoms with Crippen molar-refractivity contribution in [1.29, 1.82) is 0 Å². The fourth-order valence-corrected chi connectivity index (χ4v) is 4.47. The number of methoxy groups -OCH3 is 1. The van der Waals surface area contributed by atoms with Gasteiger partial charge in [0.15, 0.2) is 23.4 Å². The van der Waals surface area contributed by atoms with Crippen LogP contribution in [0.2, 0.25) is 0 Å². The number of fused-ring (bicyclic) bond motifs is 1. The van der Waals surface area contributed by atoms with E-state index in [0.717, 1.165) is 5.56 Å². The first-order chi connectivity index (χ1) is 17.9. The Labute approximate surface area is 217 Å². The number of hydrogen-bond donors (Lipinski definition) is 3. The van der Waals surface area contributed by atoms with Crippen LogP contribution in [0.3, 0.4) is 0 Å². The van der Waals surface area contributed by atoms with Crippen LogP contribution in [-0.2, 0) is 30.3 Å². The Morgan fingerprint density at radius 2 is 1.92 bits per heavy atom. The maximum absolute atomic E-state index is 13.2. The second-order valence-electron chi connectivity index (χ2n) is 9.72. The third-order valence-corrected chi connectivity index (χ3v) is 6.34. The van der Waals surface area contributed by atoms with Crippen LogP contribution >= 0.6 is 0 Å². The first kappa shape index (κ1) is 29.2. The quantitative estimate of drug-likeness (QED) is 0.365. The lowest BCUT2D eigenvalue weighted by Gasteiger charge is -2.26. The molecule has 13 heteroatoms. The van der Waals surface area contributed by atoms with Crippen molar-refractivity contribution >= 4 is 23.5 Å². The molecular formula is C25H32F3N3O7. The zero-order valence-corrected chi connectivity index (χ0v) is 21.4. The summed E-state index contributed by atoms with van der Waals surface area (Å²) in [6, 6.07) is 2.73. The summed E-state index contributed by atoms with van der Waals surface area (Å²) in [4.78, 5) is 50.9. The number of halogens is 3. The van der Waals surface area contributed by atoms with Crippen LogP contribution in [0.1, 0.15) is 38.7 Å². The van der Waals surface area contributed by atoms with E-state index in [1.807, 2.05) is 13.8 Å². The van der Waals surface area contributed by atoms with Crippen molar-refractivity contribution in [2.75, 3.05) is 20.3 Å². The van der Waals surface area contributed by atoms with Crippen LogP contribution in [0, 0.1) is 11.8 Å². The summed E-state index contributed by atoms with van der Waals surface area (Å²) in [5.41, 5.74) is 0.763. The minimum Gasteiger partial charge on any atom is -0.493 e. The molecule has 2 aliphatic heterocycles. The third kappa shape index (κ3) is 7.83. The van der Waals surface area contributed by atoms with Gasteiger partial charge in [0, 0.05) is 24.4 Å². The number of ketones is 1. The molecule has 0 aliphatic carbocycles. The Balaban J connectivity index is 1.70. The van der Waals surface area contributed by atoms with Gasteiger partial charge >= 0.3 is 6.36 Å². The average Bonchev–Trinajstić information content (AvgIpc) is 3.46. The van der Waals surface area contributed by atoms with Crippen molar-refractivity contribution in [3.63, 3.8) is 0 Å². The van der Waals surface area contributed by atoms with Crippen molar-refractivity contribution in [3.05, 3.63) is 23.8 Å². The molecule has 0 saturated carbocycles. The molecule has 0 radical (unpaired) electrons. The van der Waals surface area contributed by atoms with E-state index in [1.165, 1.54) is 7.11 Å². The predicted molar refractivity (Wildman–Crippen MR) is 127 cm³/mol. The van der Waals surface area contributed by atoms with Crippen molar-refractivity contribution in [3.8, 4) is 11.5 Å². The standard InChI is InChI=1S/C25H32F3N3O7/c1-13(2)9-17(31-24(35)20-11-14-5-4-6-19(36-3)21(14)38-20)23(34)30-16(10-15-7-8-29-22(15)33)18(32)12-37-25(26,27)28/h4-6,13,15-17,20H,7-12H2,1-3H3,(H,29,33)(H,30,34)(H,31,35). The van der Waals surface area contributed by atoms with E-state index in [4.69, 9.17) is 9.47 Å². The number of carbonyl (C=O) groups excluding carboxylic acids is 4. The van der Waals surface area contributed by atoms with E-state index in [2.05, 4.69) is 20.7 Å². The fraction of sp³-hybridized carbons (Fsp3) is 0.600. The second kappa shape index (κ2) is 12.5. The highest BCUT2D eigenvalue weighted by molar-refractivity contribution is 5.94. The third-order valence-electron chi connectivity index (χ3n) is 6.34. The maximum atomic E-state index is 13.2. The number of hydrogen-bond acceptors (Lipinski definition) is 7. The van der Waals surface area contributed by atoms with Crippen LogP contribution in [-0.4, -0.2) is 68.3 Å². The summed E-state index contributed by atoms with van der Waals surface area (Å²) in [5, 5.41) is 7.68. The van der Waals surface area contributed by atoms with Crippen molar-refractivity contribution in [2.45, 2.75) is 64.1 Å². The van der Waals surface area contributed by atoms with Crippen LogP contribution in [0.25, 0.3) is 0 Å². The van der Waals surface area contributed by atoms with E-state index in [9.17, 15) is 32.3 Å². The monoisotopic (exact) mass is 543 g/mol.